The lowest BCUT2D eigenvalue weighted by Gasteiger charge is -2.30. The molecular formula is C10H14OS. The largest absolute Gasteiger partial charge is 0.294 e. The molecule has 1 heterocycles. The van der Waals surface area contributed by atoms with E-state index in [1.54, 1.807) is 11.8 Å². The number of allylic oxidation sites excluding steroid dienone is 1. The number of carbonyl (C=O) groups is 1. The number of hydrogen-bond acceptors (Lipinski definition) is 2. The van der Waals surface area contributed by atoms with Crippen molar-refractivity contribution in [2.75, 3.05) is 0 Å². The highest BCUT2D eigenvalue weighted by Crippen LogP contribution is 2.51. The van der Waals surface area contributed by atoms with E-state index in [2.05, 4.69) is 6.58 Å². The molecule has 0 atom stereocenters. The van der Waals surface area contributed by atoms with E-state index in [0.717, 1.165) is 11.3 Å². The normalized spacial score (nSPS) is 28.3. The van der Waals surface area contributed by atoms with Crippen LogP contribution >= 0.6 is 11.8 Å². The smallest absolute Gasteiger partial charge is 0.169 e. The van der Waals surface area contributed by atoms with Gasteiger partial charge in [0.15, 0.2) is 5.78 Å². The monoisotopic (exact) mass is 182 g/mol. The summed E-state index contributed by atoms with van der Waals surface area (Å²) >= 11 is 1.75. The minimum absolute atomic E-state index is 0.284. The van der Waals surface area contributed by atoms with Crippen LogP contribution < -0.4 is 0 Å². The highest BCUT2D eigenvalue weighted by molar-refractivity contribution is 8.05. The van der Waals surface area contributed by atoms with Crippen molar-refractivity contribution in [1.29, 1.82) is 0 Å². The van der Waals surface area contributed by atoms with Gasteiger partial charge in [0.05, 0.1) is 0 Å². The quantitative estimate of drug-likeness (QED) is 0.536. The van der Waals surface area contributed by atoms with Crippen molar-refractivity contribution in [2.24, 2.45) is 0 Å². The van der Waals surface area contributed by atoms with Gasteiger partial charge in [-0.3, -0.25) is 4.79 Å². The Labute approximate surface area is 77.6 Å². The lowest BCUT2D eigenvalue weighted by atomic mass is 9.85. The van der Waals surface area contributed by atoms with Gasteiger partial charge in [-0.25, -0.2) is 0 Å². The van der Waals surface area contributed by atoms with Gasteiger partial charge in [0.1, 0.15) is 0 Å². The number of carbonyl (C=O) groups excluding carboxylic acids is 1. The Kier molecular flexibility index (Phi) is 2.03. The average Bonchev–Trinajstić information content (AvgIpc) is 2.29. The fourth-order valence-corrected chi connectivity index (χ4v) is 3.63. The zero-order valence-electron chi connectivity index (χ0n) is 7.27. The summed E-state index contributed by atoms with van der Waals surface area (Å²) < 4.78 is 0.284. The van der Waals surface area contributed by atoms with Gasteiger partial charge in [-0.1, -0.05) is 25.8 Å². The van der Waals surface area contributed by atoms with Crippen molar-refractivity contribution in [3.8, 4) is 0 Å². The van der Waals surface area contributed by atoms with Gasteiger partial charge in [0, 0.05) is 16.1 Å². The first kappa shape index (κ1) is 8.36. The van der Waals surface area contributed by atoms with Crippen LogP contribution in [-0.4, -0.2) is 10.5 Å². The lowest BCUT2D eigenvalue weighted by Crippen LogP contribution is -2.25. The molecule has 1 spiro atoms. The first-order chi connectivity index (χ1) is 5.72. The summed E-state index contributed by atoms with van der Waals surface area (Å²) in [6.45, 7) is 3.80. The first-order valence-corrected chi connectivity index (χ1v) is 5.45. The van der Waals surface area contributed by atoms with E-state index in [9.17, 15) is 4.79 Å². The van der Waals surface area contributed by atoms with E-state index in [-0.39, 0.29) is 4.75 Å². The van der Waals surface area contributed by atoms with Crippen molar-refractivity contribution in [3.63, 3.8) is 0 Å². The molecule has 0 aromatic rings. The predicted molar refractivity (Wildman–Crippen MR) is 52.2 cm³/mol. The first-order valence-electron chi connectivity index (χ1n) is 4.63. The topological polar surface area (TPSA) is 17.1 Å². The van der Waals surface area contributed by atoms with Crippen molar-refractivity contribution >= 4 is 17.5 Å². The Balaban J connectivity index is 2.12. The van der Waals surface area contributed by atoms with Gasteiger partial charge in [-0.2, -0.15) is 0 Å². The molecule has 66 valence electrons. The fourth-order valence-electron chi connectivity index (χ4n) is 2.22. The highest BCUT2D eigenvalue weighted by Gasteiger charge is 2.41. The Morgan fingerprint density at radius 2 is 1.92 bits per heavy atom. The molecule has 0 aromatic heterocycles. The van der Waals surface area contributed by atoms with Crippen LogP contribution in [0, 0.1) is 0 Å². The standard InChI is InChI=1S/C10H14OS/c1-8-9(11)7-10(12-8)5-3-2-4-6-10/h1-7H2. The number of ketones is 1. The molecule has 0 bridgehead atoms. The molecule has 1 aliphatic carbocycles. The van der Waals surface area contributed by atoms with Crippen molar-refractivity contribution < 1.29 is 4.79 Å². The minimum Gasteiger partial charge on any atom is -0.294 e. The molecule has 2 aliphatic rings. The third-order valence-corrected chi connectivity index (χ3v) is 4.36. The summed E-state index contributed by atoms with van der Waals surface area (Å²) in [4.78, 5) is 12.1. The molecule has 2 heteroatoms. The van der Waals surface area contributed by atoms with E-state index >= 15 is 0 Å². The van der Waals surface area contributed by atoms with Crippen LogP contribution in [0.15, 0.2) is 11.5 Å². The number of hydrogen-bond donors (Lipinski definition) is 0. The molecule has 12 heavy (non-hydrogen) atoms. The number of thioether (sulfide) groups is 1. The van der Waals surface area contributed by atoms with E-state index in [0.29, 0.717) is 5.78 Å². The number of rotatable bonds is 0. The second-order valence-corrected chi connectivity index (χ2v) is 5.43. The molecule has 0 amide bonds. The van der Waals surface area contributed by atoms with Crippen molar-refractivity contribution in [2.45, 2.75) is 43.3 Å². The zero-order valence-corrected chi connectivity index (χ0v) is 8.08. The number of Topliss-reactive ketones (excluding diaryl/α,β-unsaturated/α-hetero) is 1. The van der Waals surface area contributed by atoms with E-state index in [4.69, 9.17) is 0 Å². The summed E-state index contributed by atoms with van der Waals surface area (Å²) in [5.74, 6) is 0.293. The van der Waals surface area contributed by atoms with Gasteiger partial charge in [-0.05, 0) is 12.8 Å². The van der Waals surface area contributed by atoms with E-state index in [1.807, 2.05) is 0 Å². The molecule has 2 fully saturated rings. The average molecular weight is 182 g/mol. The predicted octanol–water partition coefficient (Wildman–Crippen LogP) is 2.91. The Morgan fingerprint density at radius 1 is 1.25 bits per heavy atom. The zero-order chi connectivity index (χ0) is 8.60. The van der Waals surface area contributed by atoms with Crippen LogP contribution in [0.25, 0.3) is 0 Å². The Bertz CT molecular complexity index is 208. The molecule has 0 aromatic carbocycles. The van der Waals surface area contributed by atoms with Gasteiger partial charge in [-0.15, -0.1) is 11.8 Å². The maximum absolute atomic E-state index is 11.3. The SMILES string of the molecule is C=C1SC2(CCCCC2)CC1=O. The third-order valence-electron chi connectivity index (χ3n) is 2.90. The molecule has 1 saturated heterocycles. The Hall–Kier alpha value is -0.240. The van der Waals surface area contributed by atoms with Crippen LogP contribution in [0.3, 0.4) is 0 Å². The van der Waals surface area contributed by atoms with Gasteiger partial charge in [0.2, 0.25) is 0 Å². The van der Waals surface area contributed by atoms with E-state index in [1.165, 1.54) is 32.1 Å². The molecule has 1 saturated carbocycles. The van der Waals surface area contributed by atoms with Gasteiger partial charge < -0.3 is 0 Å². The van der Waals surface area contributed by atoms with Crippen molar-refractivity contribution in [1.82, 2.24) is 0 Å². The molecule has 1 aliphatic heterocycles. The molecule has 0 N–H and O–H groups in total. The van der Waals surface area contributed by atoms with Crippen LogP contribution in [0.4, 0.5) is 0 Å². The highest BCUT2D eigenvalue weighted by atomic mass is 32.2. The molecule has 1 nitrogen and oxygen atoms in total. The minimum atomic E-state index is 0.284. The Morgan fingerprint density at radius 3 is 2.42 bits per heavy atom. The second-order valence-electron chi connectivity index (χ2n) is 3.87. The van der Waals surface area contributed by atoms with Gasteiger partial charge in [0.25, 0.3) is 0 Å². The van der Waals surface area contributed by atoms with Gasteiger partial charge >= 0.3 is 0 Å². The maximum Gasteiger partial charge on any atom is 0.169 e. The molecule has 0 unspecified atom stereocenters. The maximum atomic E-state index is 11.3. The van der Waals surface area contributed by atoms with Crippen LogP contribution in [0.5, 0.6) is 0 Å². The summed E-state index contributed by atoms with van der Waals surface area (Å²) in [6, 6.07) is 0. The third kappa shape index (κ3) is 1.33. The molecular weight excluding hydrogens is 168 g/mol. The summed E-state index contributed by atoms with van der Waals surface area (Å²) in [5, 5.41) is 0. The second kappa shape index (κ2) is 2.91. The summed E-state index contributed by atoms with van der Waals surface area (Å²) in [7, 11) is 0. The van der Waals surface area contributed by atoms with Crippen LogP contribution in [0.1, 0.15) is 38.5 Å². The summed E-state index contributed by atoms with van der Waals surface area (Å²) in [6.07, 6.45) is 7.16. The summed E-state index contributed by atoms with van der Waals surface area (Å²) in [5.41, 5.74) is 0. The molecule has 0 radical (unpaired) electrons. The van der Waals surface area contributed by atoms with Crippen LogP contribution in [0.2, 0.25) is 0 Å². The van der Waals surface area contributed by atoms with Crippen molar-refractivity contribution in [3.05, 3.63) is 11.5 Å². The fraction of sp³-hybridized carbons (Fsp3) is 0.700. The molecule has 2 rings (SSSR count). The van der Waals surface area contributed by atoms with E-state index < -0.39 is 0 Å². The van der Waals surface area contributed by atoms with Crippen LogP contribution in [-0.2, 0) is 4.79 Å². The lowest BCUT2D eigenvalue weighted by molar-refractivity contribution is -0.115.